The number of nitrogens with zero attached hydrogens (tertiary/aromatic N) is 1. The van der Waals surface area contributed by atoms with Gasteiger partial charge in [0.2, 0.25) is 5.91 Å². The van der Waals surface area contributed by atoms with Gasteiger partial charge >= 0.3 is 5.97 Å². The lowest BCUT2D eigenvalue weighted by atomic mass is 10.1. The van der Waals surface area contributed by atoms with Crippen LogP contribution in [0.5, 0.6) is 0 Å². The van der Waals surface area contributed by atoms with E-state index in [2.05, 4.69) is 15.9 Å². The minimum atomic E-state index is -1.08. The number of hydrogen-bond donors (Lipinski definition) is 1. The highest BCUT2D eigenvalue weighted by Crippen LogP contribution is 2.31. The predicted molar refractivity (Wildman–Crippen MR) is 67.0 cm³/mol. The Morgan fingerprint density at radius 1 is 1.47 bits per heavy atom. The van der Waals surface area contributed by atoms with Crippen LogP contribution in [0.25, 0.3) is 0 Å². The molecule has 4 nitrogen and oxygen atoms in total. The first-order chi connectivity index (χ1) is 8.00. The molecule has 0 aromatic heterocycles. The number of amides is 1. The second-order valence-electron chi connectivity index (χ2n) is 4.07. The van der Waals surface area contributed by atoms with E-state index < -0.39 is 11.9 Å². The maximum Gasteiger partial charge on any atom is 0.315 e. The number of carbonyl (C=O) groups is 2. The number of carboxylic acid groups (broad SMARTS) is 1. The van der Waals surface area contributed by atoms with Gasteiger partial charge in [-0.2, -0.15) is 0 Å². The molecule has 1 heterocycles. The van der Waals surface area contributed by atoms with Gasteiger partial charge in [0.05, 0.1) is 0 Å². The molecule has 1 aliphatic heterocycles. The molecule has 17 heavy (non-hydrogen) atoms. The second-order valence-corrected chi connectivity index (χ2v) is 4.99. The molecule has 0 bridgehead atoms. The van der Waals surface area contributed by atoms with Crippen LogP contribution in [0.15, 0.2) is 22.7 Å². The average Bonchev–Trinajstić information content (AvgIpc) is 2.69. The molecule has 5 heteroatoms. The summed E-state index contributed by atoms with van der Waals surface area (Å²) in [4.78, 5) is 24.4. The Balaban J connectivity index is 2.30. The van der Waals surface area contributed by atoms with Crippen LogP contribution < -0.4 is 4.90 Å². The maximum atomic E-state index is 12.0. The molecule has 1 N–H and O–H groups in total. The van der Waals surface area contributed by atoms with Crippen molar-refractivity contribution in [2.24, 2.45) is 5.92 Å². The number of carbonyl (C=O) groups excluding carboxylic acids is 1. The zero-order valence-electron chi connectivity index (χ0n) is 9.31. The summed E-state index contributed by atoms with van der Waals surface area (Å²) in [5, 5.41) is 8.86. The third-order valence-electron chi connectivity index (χ3n) is 2.95. The van der Waals surface area contributed by atoms with Gasteiger partial charge in [-0.25, -0.2) is 0 Å². The summed E-state index contributed by atoms with van der Waals surface area (Å²) in [6, 6.07) is 5.74. The van der Waals surface area contributed by atoms with E-state index in [4.69, 9.17) is 5.11 Å². The highest BCUT2D eigenvalue weighted by molar-refractivity contribution is 9.10. The van der Waals surface area contributed by atoms with Gasteiger partial charge in [0.15, 0.2) is 0 Å². The number of halogens is 1. The molecule has 0 saturated heterocycles. The minimum Gasteiger partial charge on any atom is -0.481 e. The lowest BCUT2D eigenvalue weighted by Gasteiger charge is -2.19. The molecular weight excluding hydrogens is 286 g/mol. The first-order valence-corrected chi connectivity index (χ1v) is 6.12. The normalized spacial score (nSPS) is 15.5. The fourth-order valence-electron chi connectivity index (χ4n) is 1.92. The third-order valence-corrected chi connectivity index (χ3v) is 3.44. The molecule has 0 radical (unpaired) electrons. The summed E-state index contributed by atoms with van der Waals surface area (Å²) in [5.74, 6) is -2.44. The van der Waals surface area contributed by atoms with Crippen LogP contribution in [0.3, 0.4) is 0 Å². The van der Waals surface area contributed by atoms with E-state index in [1.807, 2.05) is 18.2 Å². The van der Waals surface area contributed by atoms with Crippen molar-refractivity contribution < 1.29 is 14.7 Å². The van der Waals surface area contributed by atoms with E-state index in [-0.39, 0.29) is 5.91 Å². The molecule has 1 aliphatic rings. The van der Waals surface area contributed by atoms with E-state index in [1.54, 1.807) is 4.90 Å². The molecule has 0 aliphatic carbocycles. The van der Waals surface area contributed by atoms with E-state index in [9.17, 15) is 9.59 Å². The van der Waals surface area contributed by atoms with E-state index >= 15 is 0 Å². The summed E-state index contributed by atoms with van der Waals surface area (Å²) >= 11 is 3.35. The Bertz CT molecular complexity index is 487. The van der Waals surface area contributed by atoms with Gasteiger partial charge < -0.3 is 10.0 Å². The fraction of sp³-hybridized carbons (Fsp3) is 0.333. The molecule has 1 aromatic carbocycles. The van der Waals surface area contributed by atoms with Crippen molar-refractivity contribution in [2.45, 2.75) is 13.3 Å². The van der Waals surface area contributed by atoms with Crippen molar-refractivity contribution in [3.05, 3.63) is 28.2 Å². The van der Waals surface area contributed by atoms with Gasteiger partial charge in [-0.3, -0.25) is 9.59 Å². The van der Waals surface area contributed by atoms with Crippen molar-refractivity contribution in [1.29, 1.82) is 0 Å². The van der Waals surface area contributed by atoms with Crippen LogP contribution in [0.1, 0.15) is 12.5 Å². The van der Waals surface area contributed by atoms with Gasteiger partial charge in [-0.15, -0.1) is 0 Å². The number of hydrogen-bond acceptors (Lipinski definition) is 2. The first-order valence-electron chi connectivity index (χ1n) is 5.33. The lowest BCUT2D eigenvalue weighted by Crippen LogP contribution is -2.37. The Kier molecular flexibility index (Phi) is 3.19. The molecule has 1 amide bonds. The van der Waals surface area contributed by atoms with Crippen LogP contribution >= 0.6 is 15.9 Å². The van der Waals surface area contributed by atoms with Crippen molar-refractivity contribution in [3.8, 4) is 0 Å². The van der Waals surface area contributed by atoms with Crippen molar-refractivity contribution in [1.82, 2.24) is 0 Å². The summed E-state index contributed by atoms with van der Waals surface area (Å²) in [6.45, 7) is 1.98. The second kappa shape index (κ2) is 4.49. The first kappa shape index (κ1) is 12.1. The zero-order valence-corrected chi connectivity index (χ0v) is 10.9. The molecule has 0 fully saturated rings. The van der Waals surface area contributed by atoms with Gasteiger partial charge in [-0.1, -0.05) is 22.0 Å². The van der Waals surface area contributed by atoms with Crippen LogP contribution in [0.4, 0.5) is 5.69 Å². The summed E-state index contributed by atoms with van der Waals surface area (Å²) in [5.41, 5.74) is 1.90. The maximum absolute atomic E-state index is 12.0. The fourth-order valence-corrected chi connectivity index (χ4v) is 2.27. The van der Waals surface area contributed by atoms with E-state index in [0.29, 0.717) is 6.54 Å². The molecule has 90 valence electrons. The highest BCUT2D eigenvalue weighted by Gasteiger charge is 2.31. The molecule has 1 atom stereocenters. The van der Waals surface area contributed by atoms with Crippen LogP contribution in [0, 0.1) is 5.92 Å². The van der Waals surface area contributed by atoms with Crippen molar-refractivity contribution >= 4 is 33.5 Å². The Hall–Kier alpha value is -1.36. The van der Waals surface area contributed by atoms with Crippen LogP contribution in [-0.4, -0.2) is 23.5 Å². The van der Waals surface area contributed by atoms with Gasteiger partial charge in [-0.05, 0) is 31.0 Å². The Morgan fingerprint density at radius 3 is 2.82 bits per heavy atom. The average molecular weight is 298 g/mol. The predicted octanol–water partition coefficient (Wildman–Crippen LogP) is 2.06. The van der Waals surface area contributed by atoms with Gasteiger partial charge in [0, 0.05) is 16.7 Å². The van der Waals surface area contributed by atoms with Crippen LogP contribution in [-0.2, 0) is 16.0 Å². The SMILES string of the molecule is CC(C(=O)O)C(=O)N1CCc2ccc(Br)cc21. The largest absolute Gasteiger partial charge is 0.481 e. The Morgan fingerprint density at radius 2 is 2.18 bits per heavy atom. The topological polar surface area (TPSA) is 57.6 Å². The highest BCUT2D eigenvalue weighted by atomic mass is 79.9. The molecule has 0 spiro atoms. The summed E-state index contributed by atoms with van der Waals surface area (Å²) < 4.78 is 0.888. The van der Waals surface area contributed by atoms with E-state index in [1.165, 1.54) is 6.92 Å². The number of benzene rings is 1. The molecule has 1 unspecified atom stereocenters. The molecular formula is C12H12BrNO3. The summed E-state index contributed by atoms with van der Waals surface area (Å²) in [7, 11) is 0. The zero-order chi connectivity index (χ0) is 12.6. The molecule has 0 saturated carbocycles. The number of aliphatic carboxylic acids is 1. The van der Waals surface area contributed by atoms with Gasteiger partial charge in [0.25, 0.3) is 0 Å². The van der Waals surface area contributed by atoms with Crippen molar-refractivity contribution in [3.63, 3.8) is 0 Å². The number of fused-ring (bicyclic) bond motifs is 1. The standard InChI is InChI=1S/C12H12BrNO3/c1-7(12(16)17)11(15)14-5-4-8-2-3-9(13)6-10(8)14/h2-3,6-7H,4-5H2,1H3,(H,16,17). The quantitative estimate of drug-likeness (QED) is 0.850. The molecule has 1 aromatic rings. The van der Waals surface area contributed by atoms with Crippen molar-refractivity contribution in [2.75, 3.05) is 11.4 Å². The minimum absolute atomic E-state index is 0.352. The molecule has 2 rings (SSSR count). The smallest absolute Gasteiger partial charge is 0.315 e. The van der Waals surface area contributed by atoms with E-state index in [0.717, 1.165) is 22.1 Å². The summed E-state index contributed by atoms with van der Waals surface area (Å²) in [6.07, 6.45) is 0.778. The number of rotatable bonds is 2. The number of anilines is 1. The monoisotopic (exact) mass is 297 g/mol. The number of carboxylic acids is 1. The lowest BCUT2D eigenvalue weighted by molar-refractivity contribution is -0.145. The Labute approximate surface area is 107 Å². The van der Waals surface area contributed by atoms with Crippen LogP contribution in [0.2, 0.25) is 0 Å². The van der Waals surface area contributed by atoms with Gasteiger partial charge in [0.1, 0.15) is 5.92 Å². The third kappa shape index (κ3) is 2.20.